The van der Waals surface area contributed by atoms with E-state index in [-0.39, 0.29) is 18.4 Å². The van der Waals surface area contributed by atoms with E-state index in [9.17, 15) is 9.59 Å². The molecule has 200 valence electrons. The summed E-state index contributed by atoms with van der Waals surface area (Å²) in [6.07, 6.45) is 1.97. The molecule has 2 amide bonds. The summed E-state index contributed by atoms with van der Waals surface area (Å²) in [6, 6.07) is 21.9. The van der Waals surface area contributed by atoms with Crippen LogP contribution in [0, 0.1) is 12.8 Å². The monoisotopic (exact) mass is 517 g/mol. The highest BCUT2D eigenvalue weighted by Gasteiger charge is 2.22. The maximum Gasteiger partial charge on any atom is 0.262 e. The zero-order chi connectivity index (χ0) is 27.3. The second-order valence-corrected chi connectivity index (χ2v) is 9.22. The van der Waals surface area contributed by atoms with Gasteiger partial charge in [-0.25, -0.2) is 5.43 Å². The van der Waals surface area contributed by atoms with E-state index in [1.54, 1.807) is 25.3 Å². The smallest absolute Gasteiger partial charge is 0.262 e. The van der Waals surface area contributed by atoms with Gasteiger partial charge in [0.15, 0.2) is 18.1 Å². The molecule has 0 saturated carbocycles. The van der Waals surface area contributed by atoms with Gasteiger partial charge in [0.2, 0.25) is 0 Å². The van der Waals surface area contributed by atoms with Crippen LogP contribution in [-0.2, 0) is 16.2 Å². The molecule has 8 heteroatoms. The molecule has 2 N–H and O–H groups in total. The lowest BCUT2D eigenvalue weighted by atomic mass is 10.0. The Balaban J connectivity index is 1.56. The number of aryl methyl sites for hydroxylation is 1. The Morgan fingerprint density at radius 2 is 1.66 bits per heavy atom. The molecule has 0 aliphatic rings. The largest absolute Gasteiger partial charge is 0.493 e. The second kappa shape index (κ2) is 14.4. The molecular formula is C30H35N3O5. The number of rotatable bonds is 13. The number of carbonyl (C=O) groups is 2. The van der Waals surface area contributed by atoms with E-state index in [0.29, 0.717) is 35.8 Å². The molecule has 0 aromatic heterocycles. The highest BCUT2D eigenvalue weighted by Crippen LogP contribution is 2.28. The van der Waals surface area contributed by atoms with E-state index in [0.717, 1.165) is 11.1 Å². The summed E-state index contributed by atoms with van der Waals surface area (Å²) in [6.45, 7) is 6.09. The highest BCUT2D eigenvalue weighted by molar-refractivity contribution is 5.89. The lowest BCUT2D eigenvalue weighted by molar-refractivity contribution is -0.130. The zero-order valence-corrected chi connectivity index (χ0v) is 22.3. The Morgan fingerprint density at radius 1 is 0.921 bits per heavy atom. The van der Waals surface area contributed by atoms with Crippen LogP contribution in [-0.4, -0.2) is 37.8 Å². The first kappa shape index (κ1) is 28.2. The minimum atomic E-state index is -0.747. The van der Waals surface area contributed by atoms with Crippen LogP contribution in [0.1, 0.15) is 37.0 Å². The fourth-order valence-electron chi connectivity index (χ4n) is 3.67. The molecule has 0 aliphatic heterocycles. The molecule has 0 bridgehead atoms. The van der Waals surface area contributed by atoms with Crippen molar-refractivity contribution in [2.75, 3.05) is 13.7 Å². The second-order valence-electron chi connectivity index (χ2n) is 9.22. The van der Waals surface area contributed by atoms with Crippen LogP contribution in [0.4, 0.5) is 0 Å². The van der Waals surface area contributed by atoms with E-state index in [1.165, 1.54) is 6.21 Å². The van der Waals surface area contributed by atoms with Crippen molar-refractivity contribution in [2.24, 2.45) is 11.0 Å². The lowest BCUT2D eigenvalue weighted by Gasteiger charge is -2.19. The van der Waals surface area contributed by atoms with E-state index >= 15 is 0 Å². The average Bonchev–Trinajstić information content (AvgIpc) is 2.91. The van der Waals surface area contributed by atoms with Crippen molar-refractivity contribution in [3.8, 4) is 17.2 Å². The number of ether oxygens (including phenoxy) is 3. The van der Waals surface area contributed by atoms with Crippen molar-refractivity contribution in [3.63, 3.8) is 0 Å². The van der Waals surface area contributed by atoms with Gasteiger partial charge < -0.3 is 19.5 Å². The van der Waals surface area contributed by atoms with Gasteiger partial charge in [-0.15, -0.1) is 0 Å². The minimum Gasteiger partial charge on any atom is -0.493 e. The molecule has 0 spiro atoms. The van der Waals surface area contributed by atoms with Crippen LogP contribution in [0.3, 0.4) is 0 Å². The summed E-state index contributed by atoms with van der Waals surface area (Å²) < 4.78 is 16.9. The summed E-state index contributed by atoms with van der Waals surface area (Å²) in [5.74, 6) is 1.17. The third-order valence-corrected chi connectivity index (χ3v) is 5.62. The Morgan fingerprint density at radius 3 is 2.37 bits per heavy atom. The molecule has 0 heterocycles. The van der Waals surface area contributed by atoms with Crippen LogP contribution >= 0.6 is 0 Å². The quantitative estimate of drug-likeness (QED) is 0.254. The molecule has 3 rings (SSSR count). The van der Waals surface area contributed by atoms with Crippen molar-refractivity contribution < 1.29 is 23.8 Å². The number of carbonyl (C=O) groups excluding carboxylic acids is 2. The Bertz CT molecular complexity index is 1230. The topological polar surface area (TPSA) is 98.2 Å². The van der Waals surface area contributed by atoms with Crippen LogP contribution in [0.5, 0.6) is 17.2 Å². The van der Waals surface area contributed by atoms with Gasteiger partial charge in [0.05, 0.1) is 13.3 Å². The molecular weight excluding hydrogens is 482 g/mol. The molecule has 3 aromatic carbocycles. The predicted molar refractivity (Wildman–Crippen MR) is 148 cm³/mol. The number of benzene rings is 3. The van der Waals surface area contributed by atoms with Crippen molar-refractivity contribution in [2.45, 2.75) is 39.8 Å². The number of methoxy groups -OCH3 is 1. The van der Waals surface area contributed by atoms with Gasteiger partial charge in [0.25, 0.3) is 11.8 Å². The molecule has 1 atom stereocenters. The van der Waals surface area contributed by atoms with Crippen molar-refractivity contribution in [1.29, 1.82) is 0 Å². The summed E-state index contributed by atoms with van der Waals surface area (Å²) in [5.41, 5.74) is 5.22. The number of hydrogen-bond acceptors (Lipinski definition) is 6. The summed E-state index contributed by atoms with van der Waals surface area (Å²) >= 11 is 0. The van der Waals surface area contributed by atoms with Crippen molar-refractivity contribution in [3.05, 3.63) is 89.5 Å². The number of nitrogens with zero attached hydrogens (tertiary/aromatic N) is 1. The molecule has 0 unspecified atom stereocenters. The number of hydrogen-bond donors (Lipinski definition) is 2. The van der Waals surface area contributed by atoms with Crippen LogP contribution in [0.2, 0.25) is 0 Å². The molecule has 38 heavy (non-hydrogen) atoms. The minimum absolute atomic E-state index is 0.181. The number of para-hydroxylation sites is 1. The first-order valence-electron chi connectivity index (χ1n) is 12.5. The molecule has 0 radical (unpaired) electrons. The molecule has 0 saturated heterocycles. The first-order chi connectivity index (χ1) is 18.4. The van der Waals surface area contributed by atoms with Gasteiger partial charge in [-0.3, -0.25) is 9.59 Å². The van der Waals surface area contributed by atoms with Gasteiger partial charge in [-0.05, 0) is 60.2 Å². The Kier molecular flexibility index (Phi) is 10.7. The SMILES string of the molecule is COc1cc(/C=N\NC(=O)[C@@H](CC(C)C)NC(=O)COc2ccccc2C)ccc1OCc1ccccc1. The Labute approximate surface area is 224 Å². The standard InChI is InChI=1S/C30H35N3O5/c1-21(2)16-25(32-29(34)20-38-26-13-9-8-10-22(26)3)30(35)33-31-18-24-14-15-27(28(17-24)36-4)37-19-23-11-6-5-7-12-23/h5-15,17-18,21,25H,16,19-20H2,1-4H3,(H,32,34)(H,33,35)/b31-18-/t25-/m1/s1. The van der Waals surface area contributed by atoms with E-state index in [1.807, 2.05) is 75.4 Å². The van der Waals surface area contributed by atoms with E-state index in [2.05, 4.69) is 15.8 Å². The average molecular weight is 518 g/mol. The van der Waals surface area contributed by atoms with Gasteiger partial charge >= 0.3 is 0 Å². The summed E-state index contributed by atoms with van der Waals surface area (Å²) in [5, 5.41) is 6.83. The molecule has 3 aromatic rings. The summed E-state index contributed by atoms with van der Waals surface area (Å²) in [4.78, 5) is 25.3. The first-order valence-corrected chi connectivity index (χ1v) is 12.5. The normalized spacial score (nSPS) is 11.7. The van der Waals surface area contributed by atoms with Crippen LogP contribution < -0.4 is 25.0 Å². The van der Waals surface area contributed by atoms with Gasteiger partial charge in [0.1, 0.15) is 18.4 Å². The Hall–Kier alpha value is -4.33. The fraction of sp³-hybridized carbons (Fsp3) is 0.300. The third-order valence-electron chi connectivity index (χ3n) is 5.62. The van der Waals surface area contributed by atoms with E-state index in [4.69, 9.17) is 14.2 Å². The maximum atomic E-state index is 12.8. The number of hydrazone groups is 1. The fourth-order valence-corrected chi connectivity index (χ4v) is 3.67. The third kappa shape index (κ3) is 8.96. The van der Waals surface area contributed by atoms with Gasteiger partial charge in [-0.2, -0.15) is 5.10 Å². The van der Waals surface area contributed by atoms with E-state index < -0.39 is 11.9 Å². The molecule has 8 nitrogen and oxygen atoms in total. The zero-order valence-electron chi connectivity index (χ0n) is 22.3. The number of amides is 2. The highest BCUT2D eigenvalue weighted by atomic mass is 16.5. The summed E-state index contributed by atoms with van der Waals surface area (Å²) in [7, 11) is 1.56. The van der Waals surface area contributed by atoms with Gasteiger partial charge in [-0.1, -0.05) is 62.4 Å². The van der Waals surface area contributed by atoms with Crippen molar-refractivity contribution in [1.82, 2.24) is 10.7 Å². The maximum absolute atomic E-state index is 12.8. The van der Waals surface area contributed by atoms with Crippen molar-refractivity contribution >= 4 is 18.0 Å². The molecule has 0 aliphatic carbocycles. The predicted octanol–water partition coefficient (Wildman–Crippen LogP) is 4.64. The molecule has 0 fully saturated rings. The lowest BCUT2D eigenvalue weighted by Crippen LogP contribution is -2.47. The van der Waals surface area contributed by atoms with Gasteiger partial charge in [0, 0.05) is 0 Å². The number of nitrogens with one attached hydrogen (secondary N) is 2. The van der Waals surface area contributed by atoms with Crippen LogP contribution in [0.15, 0.2) is 77.9 Å². The van der Waals surface area contributed by atoms with Crippen LogP contribution in [0.25, 0.3) is 0 Å².